The van der Waals surface area contributed by atoms with E-state index in [0.29, 0.717) is 5.69 Å². The first-order valence-corrected chi connectivity index (χ1v) is 6.86. The van der Waals surface area contributed by atoms with Crippen molar-refractivity contribution in [3.8, 4) is 0 Å². The van der Waals surface area contributed by atoms with Crippen molar-refractivity contribution in [2.24, 2.45) is 0 Å². The van der Waals surface area contributed by atoms with Gasteiger partial charge in [-0.05, 0) is 5.56 Å². The zero-order valence-electron chi connectivity index (χ0n) is 12.8. The van der Waals surface area contributed by atoms with Crippen LogP contribution < -0.4 is 0 Å². The molecule has 1 aromatic heterocycles. The number of hydrogen-bond acceptors (Lipinski definition) is 5. The van der Waals surface area contributed by atoms with Crippen LogP contribution in [0.1, 0.15) is 34.7 Å². The largest absolute Gasteiger partial charge is 0.468 e. The van der Waals surface area contributed by atoms with Gasteiger partial charge in [0.25, 0.3) is 5.91 Å². The summed E-state index contributed by atoms with van der Waals surface area (Å²) in [6, 6.07) is 11.4. The molecule has 22 heavy (non-hydrogen) atoms. The number of ether oxygens (including phenoxy) is 1. The second-order valence-electron chi connectivity index (χ2n) is 4.99. The fourth-order valence-electron chi connectivity index (χ4n) is 2.02. The monoisotopic (exact) mass is 302 g/mol. The van der Waals surface area contributed by atoms with Crippen LogP contribution in [0, 0.1) is 0 Å². The minimum Gasteiger partial charge on any atom is -0.468 e. The Bertz CT molecular complexity index is 651. The van der Waals surface area contributed by atoms with Gasteiger partial charge < -0.3 is 14.2 Å². The van der Waals surface area contributed by atoms with E-state index in [1.54, 1.807) is 6.07 Å². The Morgan fingerprint density at radius 3 is 2.64 bits per heavy atom. The van der Waals surface area contributed by atoms with Crippen molar-refractivity contribution in [2.45, 2.75) is 12.8 Å². The summed E-state index contributed by atoms with van der Waals surface area (Å²) in [6.07, 6.45) is 0. The van der Waals surface area contributed by atoms with E-state index < -0.39 is 11.9 Å². The van der Waals surface area contributed by atoms with Crippen molar-refractivity contribution < 1.29 is 18.8 Å². The number of benzene rings is 1. The molecule has 6 nitrogen and oxygen atoms in total. The van der Waals surface area contributed by atoms with Crippen LogP contribution in [0.4, 0.5) is 0 Å². The quantitative estimate of drug-likeness (QED) is 0.791. The van der Waals surface area contributed by atoms with E-state index in [0.717, 1.165) is 5.56 Å². The van der Waals surface area contributed by atoms with Crippen molar-refractivity contribution >= 4 is 11.9 Å². The summed E-state index contributed by atoms with van der Waals surface area (Å²) in [5.74, 6) is -0.792. The minimum atomic E-state index is -0.492. The molecule has 0 N–H and O–H groups in total. The number of likely N-dealkylation sites (N-methyl/N-ethyl adjacent to an activating group) is 1. The molecule has 0 bridgehead atoms. The molecule has 1 unspecified atom stereocenters. The highest BCUT2D eigenvalue weighted by Crippen LogP contribution is 2.23. The SMILES string of the molecule is COC(=O)CN(C)C(=O)c1cc(C(C)c2ccccc2)no1. The van der Waals surface area contributed by atoms with E-state index in [1.807, 2.05) is 37.3 Å². The second kappa shape index (κ2) is 6.89. The van der Waals surface area contributed by atoms with Gasteiger partial charge in [0.1, 0.15) is 6.54 Å². The lowest BCUT2D eigenvalue weighted by atomic mass is 9.98. The lowest BCUT2D eigenvalue weighted by molar-refractivity contribution is -0.141. The molecule has 0 saturated heterocycles. The zero-order valence-corrected chi connectivity index (χ0v) is 12.8. The van der Waals surface area contributed by atoms with Crippen molar-refractivity contribution in [1.82, 2.24) is 10.1 Å². The van der Waals surface area contributed by atoms with Crippen LogP contribution in [0.15, 0.2) is 40.9 Å². The number of rotatable bonds is 5. The average Bonchev–Trinajstić information content (AvgIpc) is 3.03. The number of aromatic nitrogens is 1. The maximum atomic E-state index is 12.2. The fraction of sp³-hybridized carbons (Fsp3) is 0.312. The first-order chi connectivity index (χ1) is 10.5. The third kappa shape index (κ3) is 3.52. The number of methoxy groups -OCH3 is 1. The molecule has 2 rings (SSSR count). The molecule has 1 atom stereocenters. The minimum absolute atomic E-state index is 0.0115. The molecule has 0 aliphatic rings. The van der Waals surface area contributed by atoms with Crippen LogP contribution in [-0.2, 0) is 9.53 Å². The Hall–Kier alpha value is -2.63. The summed E-state index contributed by atoms with van der Waals surface area (Å²) >= 11 is 0. The van der Waals surface area contributed by atoms with Gasteiger partial charge in [-0.1, -0.05) is 42.4 Å². The van der Waals surface area contributed by atoms with E-state index in [-0.39, 0.29) is 18.2 Å². The molecule has 116 valence electrons. The number of amides is 1. The number of esters is 1. The lowest BCUT2D eigenvalue weighted by Gasteiger charge is -2.13. The predicted octanol–water partition coefficient (Wildman–Crippen LogP) is 2.07. The topological polar surface area (TPSA) is 72.6 Å². The van der Waals surface area contributed by atoms with E-state index in [1.165, 1.54) is 19.1 Å². The third-order valence-corrected chi connectivity index (χ3v) is 3.42. The van der Waals surface area contributed by atoms with Gasteiger partial charge in [-0.15, -0.1) is 0 Å². The van der Waals surface area contributed by atoms with Crippen molar-refractivity contribution in [1.29, 1.82) is 0 Å². The molecule has 0 spiro atoms. The normalized spacial score (nSPS) is 11.8. The zero-order chi connectivity index (χ0) is 16.1. The van der Waals surface area contributed by atoms with Crippen molar-refractivity contribution in [2.75, 3.05) is 20.7 Å². The Labute approximate surface area is 128 Å². The van der Waals surface area contributed by atoms with Gasteiger partial charge in [0.2, 0.25) is 5.76 Å². The molecular weight excluding hydrogens is 284 g/mol. The van der Waals surface area contributed by atoms with E-state index >= 15 is 0 Å². The maximum Gasteiger partial charge on any atom is 0.325 e. The molecule has 1 heterocycles. The highest BCUT2D eigenvalue weighted by molar-refractivity contribution is 5.93. The van der Waals surface area contributed by atoms with E-state index in [9.17, 15) is 9.59 Å². The molecular formula is C16H18N2O4. The molecule has 0 aliphatic heterocycles. The summed E-state index contributed by atoms with van der Waals surface area (Å²) in [5, 5.41) is 3.96. The molecule has 0 saturated carbocycles. The molecule has 0 aliphatic carbocycles. The van der Waals surface area contributed by atoms with Crippen molar-refractivity contribution in [3.05, 3.63) is 53.4 Å². The van der Waals surface area contributed by atoms with Gasteiger partial charge >= 0.3 is 5.97 Å². The number of carbonyl (C=O) groups is 2. The Morgan fingerprint density at radius 2 is 2.00 bits per heavy atom. The van der Waals surface area contributed by atoms with E-state index in [2.05, 4.69) is 9.89 Å². The molecule has 6 heteroatoms. The standard InChI is InChI=1S/C16H18N2O4/c1-11(12-7-5-4-6-8-12)13-9-14(22-17-13)16(20)18(2)10-15(19)21-3/h4-9,11H,10H2,1-3H3. The highest BCUT2D eigenvalue weighted by atomic mass is 16.5. The highest BCUT2D eigenvalue weighted by Gasteiger charge is 2.22. The summed E-state index contributed by atoms with van der Waals surface area (Å²) in [5.41, 5.74) is 1.75. The molecule has 2 aromatic rings. The molecule has 1 aromatic carbocycles. The molecule has 0 fully saturated rings. The van der Waals surface area contributed by atoms with Crippen LogP contribution in [0.3, 0.4) is 0 Å². The molecule has 0 radical (unpaired) electrons. The van der Waals surface area contributed by atoms with Gasteiger partial charge in [-0.25, -0.2) is 0 Å². The van der Waals surface area contributed by atoms with Crippen LogP contribution in [0.25, 0.3) is 0 Å². The summed E-state index contributed by atoms with van der Waals surface area (Å²) in [6.45, 7) is 1.85. The average molecular weight is 302 g/mol. The van der Waals surface area contributed by atoms with Gasteiger partial charge in [0.15, 0.2) is 0 Å². The van der Waals surface area contributed by atoms with Crippen LogP contribution in [-0.4, -0.2) is 42.6 Å². The first-order valence-electron chi connectivity index (χ1n) is 6.86. The van der Waals surface area contributed by atoms with Crippen LogP contribution in [0.2, 0.25) is 0 Å². The van der Waals surface area contributed by atoms with Crippen LogP contribution in [0.5, 0.6) is 0 Å². The Kier molecular flexibility index (Phi) is 4.93. The summed E-state index contributed by atoms with van der Waals surface area (Å²) < 4.78 is 9.64. The number of hydrogen-bond donors (Lipinski definition) is 0. The Morgan fingerprint density at radius 1 is 1.32 bits per heavy atom. The van der Waals surface area contributed by atoms with Gasteiger partial charge in [0.05, 0.1) is 12.8 Å². The maximum absolute atomic E-state index is 12.2. The first kappa shape index (κ1) is 15.8. The number of carbonyl (C=O) groups excluding carboxylic acids is 2. The lowest BCUT2D eigenvalue weighted by Crippen LogP contribution is -2.32. The molecule has 1 amide bonds. The van der Waals surface area contributed by atoms with Crippen LogP contribution >= 0.6 is 0 Å². The fourth-order valence-corrected chi connectivity index (χ4v) is 2.02. The van der Waals surface area contributed by atoms with E-state index in [4.69, 9.17) is 4.52 Å². The summed E-state index contributed by atoms with van der Waals surface area (Å²) in [4.78, 5) is 24.6. The number of nitrogens with zero attached hydrogens (tertiary/aromatic N) is 2. The van der Waals surface area contributed by atoms with Crippen molar-refractivity contribution in [3.63, 3.8) is 0 Å². The second-order valence-corrected chi connectivity index (χ2v) is 4.99. The van der Waals surface area contributed by atoms with Gasteiger partial charge in [-0.3, -0.25) is 9.59 Å². The van der Waals surface area contributed by atoms with Gasteiger partial charge in [-0.2, -0.15) is 0 Å². The predicted molar refractivity (Wildman–Crippen MR) is 79.4 cm³/mol. The van der Waals surface area contributed by atoms with Gasteiger partial charge in [0, 0.05) is 19.0 Å². The Balaban J connectivity index is 2.11. The third-order valence-electron chi connectivity index (χ3n) is 3.42. The smallest absolute Gasteiger partial charge is 0.325 e. The summed E-state index contributed by atoms with van der Waals surface area (Å²) in [7, 11) is 2.77.